The number of rotatable bonds is 7. The molecule has 1 amide bonds. The van der Waals surface area contributed by atoms with Gasteiger partial charge in [0.2, 0.25) is 0 Å². The molecule has 0 bridgehead atoms. The topological polar surface area (TPSA) is 82.6 Å². The molecule has 1 aromatic heterocycles. The Hall–Kier alpha value is -2.71. The predicted octanol–water partition coefficient (Wildman–Crippen LogP) is 1.54. The minimum atomic E-state index is -0.275. The Balaban J connectivity index is 1.63. The maximum absolute atomic E-state index is 12.6. The lowest BCUT2D eigenvalue weighted by Crippen LogP contribution is -2.36. The van der Waals surface area contributed by atoms with Crippen molar-refractivity contribution in [1.29, 1.82) is 0 Å². The fraction of sp³-hybridized carbons (Fsp3) is 0.421. The van der Waals surface area contributed by atoms with E-state index in [9.17, 15) is 4.79 Å². The van der Waals surface area contributed by atoms with E-state index in [2.05, 4.69) is 30.4 Å². The highest BCUT2D eigenvalue weighted by atomic mass is 16.5. The number of amides is 1. The number of hydrogen-bond donors (Lipinski definition) is 2. The smallest absolute Gasteiger partial charge is 0.275 e. The molecule has 1 fully saturated rings. The number of carbonyl (C=O) groups is 1. The normalized spacial score (nSPS) is 14.3. The second-order valence-corrected chi connectivity index (χ2v) is 6.59. The van der Waals surface area contributed by atoms with E-state index in [-0.39, 0.29) is 11.6 Å². The monoisotopic (exact) mass is 370 g/mol. The van der Waals surface area contributed by atoms with Gasteiger partial charge in [0.05, 0.1) is 37.0 Å². The van der Waals surface area contributed by atoms with Gasteiger partial charge in [0, 0.05) is 26.2 Å². The van der Waals surface area contributed by atoms with Crippen LogP contribution < -0.4 is 15.5 Å². The molecule has 1 aliphatic heterocycles. The van der Waals surface area contributed by atoms with Crippen LogP contribution in [-0.4, -0.2) is 74.3 Å². The van der Waals surface area contributed by atoms with E-state index >= 15 is 0 Å². The Kier molecular flexibility index (Phi) is 6.56. The predicted molar refractivity (Wildman–Crippen MR) is 107 cm³/mol. The van der Waals surface area contributed by atoms with Crippen molar-refractivity contribution in [3.63, 3.8) is 0 Å². The summed E-state index contributed by atoms with van der Waals surface area (Å²) in [6.45, 7) is 4.65. The third-order valence-electron chi connectivity index (χ3n) is 4.25. The molecule has 2 aromatic rings. The Labute approximate surface area is 159 Å². The van der Waals surface area contributed by atoms with Gasteiger partial charge in [0.25, 0.3) is 5.91 Å². The van der Waals surface area contributed by atoms with Crippen molar-refractivity contribution in [1.82, 2.24) is 14.9 Å². The van der Waals surface area contributed by atoms with Crippen molar-refractivity contribution in [3.05, 3.63) is 42.4 Å². The zero-order valence-corrected chi connectivity index (χ0v) is 15.8. The van der Waals surface area contributed by atoms with Crippen molar-refractivity contribution >= 4 is 23.1 Å². The standard InChI is InChI=1S/C19H26N6O2/c1-24(2)8-7-20-18-14-21-16(13-22-18)19(26)23-15-5-3-4-6-17(15)25-9-11-27-12-10-25/h3-6,13-14H,7-12H2,1-2H3,(H,20,22)(H,23,26). The number of hydrogen-bond acceptors (Lipinski definition) is 7. The summed E-state index contributed by atoms with van der Waals surface area (Å²) in [4.78, 5) is 25.4. The van der Waals surface area contributed by atoms with Gasteiger partial charge in [-0.3, -0.25) is 4.79 Å². The molecule has 27 heavy (non-hydrogen) atoms. The van der Waals surface area contributed by atoms with Gasteiger partial charge in [0.1, 0.15) is 11.5 Å². The van der Waals surface area contributed by atoms with E-state index in [0.29, 0.717) is 19.0 Å². The zero-order chi connectivity index (χ0) is 19.1. The number of aromatic nitrogens is 2. The lowest BCUT2D eigenvalue weighted by Gasteiger charge is -2.30. The number of anilines is 3. The largest absolute Gasteiger partial charge is 0.378 e. The molecule has 0 aliphatic carbocycles. The second kappa shape index (κ2) is 9.29. The average molecular weight is 370 g/mol. The molecule has 0 radical (unpaired) electrons. The van der Waals surface area contributed by atoms with Crippen LogP contribution in [0.1, 0.15) is 10.5 Å². The number of para-hydroxylation sites is 2. The first-order valence-corrected chi connectivity index (χ1v) is 9.07. The molecule has 2 N–H and O–H groups in total. The zero-order valence-electron chi connectivity index (χ0n) is 15.8. The van der Waals surface area contributed by atoms with E-state index in [0.717, 1.165) is 37.6 Å². The molecule has 8 heteroatoms. The maximum atomic E-state index is 12.6. The number of morpholine rings is 1. The van der Waals surface area contributed by atoms with Crippen molar-refractivity contribution in [3.8, 4) is 0 Å². The van der Waals surface area contributed by atoms with Crippen molar-refractivity contribution in [2.75, 3.05) is 69.0 Å². The first-order valence-electron chi connectivity index (χ1n) is 9.07. The molecule has 3 rings (SSSR count). The fourth-order valence-electron chi connectivity index (χ4n) is 2.79. The van der Waals surface area contributed by atoms with Crippen LogP contribution in [0.3, 0.4) is 0 Å². The Morgan fingerprint density at radius 2 is 1.96 bits per heavy atom. The van der Waals surface area contributed by atoms with Crippen LogP contribution in [-0.2, 0) is 4.74 Å². The van der Waals surface area contributed by atoms with Crippen LogP contribution in [0.4, 0.5) is 17.2 Å². The van der Waals surface area contributed by atoms with Gasteiger partial charge in [-0.1, -0.05) is 12.1 Å². The summed E-state index contributed by atoms with van der Waals surface area (Å²) in [7, 11) is 4.02. The van der Waals surface area contributed by atoms with Gasteiger partial charge >= 0.3 is 0 Å². The highest BCUT2D eigenvalue weighted by Gasteiger charge is 2.17. The summed E-state index contributed by atoms with van der Waals surface area (Å²) < 4.78 is 5.41. The Bertz CT molecular complexity index is 744. The van der Waals surface area contributed by atoms with Gasteiger partial charge < -0.3 is 25.2 Å². The lowest BCUT2D eigenvalue weighted by molar-refractivity contribution is 0.102. The van der Waals surface area contributed by atoms with Gasteiger partial charge in [-0.05, 0) is 26.2 Å². The molecule has 1 aromatic carbocycles. The third-order valence-corrected chi connectivity index (χ3v) is 4.25. The third kappa shape index (κ3) is 5.38. The summed E-state index contributed by atoms with van der Waals surface area (Å²) in [5.74, 6) is 0.380. The van der Waals surface area contributed by atoms with Crippen molar-refractivity contribution in [2.24, 2.45) is 0 Å². The minimum Gasteiger partial charge on any atom is -0.378 e. The molecule has 0 unspecified atom stereocenters. The number of nitrogens with zero attached hydrogens (tertiary/aromatic N) is 4. The maximum Gasteiger partial charge on any atom is 0.275 e. The van der Waals surface area contributed by atoms with Crippen molar-refractivity contribution in [2.45, 2.75) is 0 Å². The molecular weight excluding hydrogens is 344 g/mol. The van der Waals surface area contributed by atoms with Crippen LogP contribution in [0.5, 0.6) is 0 Å². The lowest BCUT2D eigenvalue weighted by atomic mass is 10.2. The Morgan fingerprint density at radius 3 is 2.67 bits per heavy atom. The number of benzene rings is 1. The highest BCUT2D eigenvalue weighted by molar-refractivity contribution is 6.04. The van der Waals surface area contributed by atoms with Gasteiger partial charge in [-0.25, -0.2) is 9.97 Å². The molecule has 144 valence electrons. The highest BCUT2D eigenvalue weighted by Crippen LogP contribution is 2.26. The molecule has 1 saturated heterocycles. The van der Waals surface area contributed by atoms with Crippen LogP contribution in [0.2, 0.25) is 0 Å². The van der Waals surface area contributed by atoms with E-state index < -0.39 is 0 Å². The SMILES string of the molecule is CN(C)CCNc1cnc(C(=O)Nc2ccccc2N2CCOCC2)cn1. The van der Waals surface area contributed by atoms with E-state index in [1.165, 1.54) is 6.20 Å². The quantitative estimate of drug-likeness (QED) is 0.765. The fourth-order valence-corrected chi connectivity index (χ4v) is 2.79. The number of nitrogens with one attached hydrogen (secondary N) is 2. The molecule has 0 spiro atoms. The van der Waals surface area contributed by atoms with Gasteiger partial charge in [-0.15, -0.1) is 0 Å². The first-order chi connectivity index (χ1) is 13.1. The van der Waals surface area contributed by atoms with Crippen LogP contribution >= 0.6 is 0 Å². The Morgan fingerprint density at radius 1 is 1.19 bits per heavy atom. The van der Waals surface area contributed by atoms with Crippen LogP contribution in [0.15, 0.2) is 36.7 Å². The first kappa shape index (κ1) is 19.1. The van der Waals surface area contributed by atoms with Gasteiger partial charge in [-0.2, -0.15) is 0 Å². The summed E-state index contributed by atoms with van der Waals surface area (Å²) in [5, 5.41) is 6.13. The molecule has 8 nitrogen and oxygen atoms in total. The van der Waals surface area contributed by atoms with Crippen LogP contribution in [0, 0.1) is 0 Å². The average Bonchev–Trinajstić information content (AvgIpc) is 2.69. The number of carbonyl (C=O) groups excluding carboxylic acids is 1. The summed E-state index contributed by atoms with van der Waals surface area (Å²) in [6, 6.07) is 7.77. The van der Waals surface area contributed by atoms with Crippen molar-refractivity contribution < 1.29 is 9.53 Å². The van der Waals surface area contributed by atoms with E-state index in [1.807, 2.05) is 38.4 Å². The number of likely N-dealkylation sites (N-methyl/N-ethyl adjacent to an activating group) is 1. The van der Waals surface area contributed by atoms with Crippen LogP contribution in [0.25, 0.3) is 0 Å². The number of ether oxygens (including phenoxy) is 1. The molecule has 0 saturated carbocycles. The van der Waals surface area contributed by atoms with Gasteiger partial charge in [0.15, 0.2) is 0 Å². The second-order valence-electron chi connectivity index (χ2n) is 6.59. The molecule has 1 aliphatic rings. The van der Waals surface area contributed by atoms with E-state index in [4.69, 9.17) is 4.74 Å². The minimum absolute atomic E-state index is 0.275. The molecule has 2 heterocycles. The molecule has 0 atom stereocenters. The molecular formula is C19H26N6O2. The summed E-state index contributed by atoms with van der Waals surface area (Å²) >= 11 is 0. The summed E-state index contributed by atoms with van der Waals surface area (Å²) in [6.07, 6.45) is 3.07. The van der Waals surface area contributed by atoms with E-state index in [1.54, 1.807) is 6.20 Å². The summed E-state index contributed by atoms with van der Waals surface area (Å²) in [5.41, 5.74) is 2.04.